The molecule has 42 heavy (non-hydrogen) atoms. The highest BCUT2D eigenvalue weighted by Crippen LogP contribution is 2.40. The Morgan fingerprint density at radius 1 is 1.07 bits per heavy atom. The molecule has 1 aliphatic rings. The van der Waals surface area contributed by atoms with E-state index in [4.69, 9.17) is 20.8 Å². The maximum Gasteiger partial charge on any atom is 0.261 e. The van der Waals surface area contributed by atoms with Gasteiger partial charge in [0.05, 0.1) is 40.6 Å². The smallest absolute Gasteiger partial charge is 0.261 e. The number of ether oxygens (including phenoxy) is 1. The summed E-state index contributed by atoms with van der Waals surface area (Å²) >= 11 is 7.94. The molecule has 10 heteroatoms. The number of carbonyl (C=O) groups excluding carboxylic acids is 1. The van der Waals surface area contributed by atoms with Gasteiger partial charge in [-0.15, -0.1) is 11.3 Å². The first kappa shape index (κ1) is 30.5. The monoisotopic (exact) mass is 623 g/mol. The Kier molecular flexibility index (Phi) is 8.96. The zero-order chi connectivity index (χ0) is 30.1. The summed E-state index contributed by atoms with van der Waals surface area (Å²) in [5, 5.41) is 1.78. The molecule has 220 valence electrons. The number of carbonyl (C=O) groups is 1. The zero-order valence-electron chi connectivity index (χ0n) is 24.4. The second kappa shape index (κ2) is 12.3. The highest BCUT2D eigenvalue weighted by molar-refractivity contribution is 7.11. The normalized spacial score (nSPS) is 17.8. The maximum atomic E-state index is 15.9. The predicted molar refractivity (Wildman–Crippen MR) is 169 cm³/mol. The lowest BCUT2D eigenvalue weighted by molar-refractivity contribution is -0.00535. The van der Waals surface area contributed by atoms with Gasteiger partial charge in [0.25, 0.3) is 8.32 Å². The topological polar surface area (TPSA) is 64.5 Å². The molecular formula is C32H35ClFN3O3SSi. The molecule has 2 aromatic carbocycles. The van der Waals surface area contributed by atoms with Crippen LogP contribution < -0.4 is 15.3 Å². The van der Waals surface area contributed by atoms with Gasteiger partial charge in [0.1, 0.15) is 10.7 Å². The SMILES string of the molecule is C[C@@H]1CN(c2c(CO[Si](c3ccccc3)(c3ccccc3)C(C)(C)C)nc(C(=O)c3cncs3)c(F)c2Cl)C[C@H](C)O1. The second-order valence-electron chi connectivity index (χ2n) is 11.7. The van der Waals surface area contributed by atoms with E-state index in [2.05, 4.69) is 55.0 Å². The van der Waals surface area contributed by atoms with E-state index < -0.39 is 19.9 Å². The van der Waals surface area contributed by atoms with Gasteiger partial charge < -0.3 is 14.1 Å². The van der Waals surface area contributed by atoms with Gasteiger partial charge in [-0.1, -0.05) is 93.0 Å². The minimum atomic E-state index is -2.97. The van der Waals surface area contributed by atoms with E-state index in [1.54, 1.807) is 0 Å². The van der Waals surface area contributed by atoms with Crippen molar-refractivity contribution >= 4 is 53.1 Å². The van der Waals surface area contributed by atoms with Crippen molar-refractivity contribution in [2.75, 3.05) is 18.0 Å². The number of ketones is 1. The molecule has 2 atom stereocenters. The van der Waals surface area contributed by atoms with Gasteiger partial charge in [-0.2, -0.15) is 0 Å². The molecule has 0 bridgehead atoms. The molecule has 2 aromatic heterocycles. The minimum Gasteiger partial charge on any atom is -0.401 e. The number of hydrogen-bond acceptors (Lipinski definition) is 7. The van der Waals surface area contributed by atoms with E-state index in [0.717, 1.165) is 21.7 Å². The Balaban J connectivity index is 1.68. The Bertz CT molecular complexity index is 1480. The van der Waals surface area contributed by atoms with E-state index in [0.29, 0.717) is 24.5 Å². The van der Waals surface area contributed by atoms with Crippen LogP contribution in [0.1, 0.15) is 55.7 Å². The van der Waals surface area contributed by atoms with E-state index in [1.165, 1.54) is 11.7 Å². The van der Waals surface area contributed by atoms with Gasteiger partial charge in [-0.05, 0) is 29.3 Å². The highest BCUT2D eigenvalue weighted by Gasteiger charge is 2.50. The van der Waals surface area contributed by atoms with Crippen molar-refractivity contribution in [3.05, 3.63) is 99.5 Å². The van der Waals surface area contributed by atoms with Crippen LogP contribution in [0.3, 0.4) is 0 Å². The van der Waals surface area contributed by atoms with E-state index in [-0.39, 0.29) is 39.4 Å². The molecule has 5 rings (SSSR count). The minimum absolute atomic E-state index is 0.0334. The average molecular weight is 624 g/mol. The van der Waals surface area contributed by atoms with Gasteiger partial charge in [0, 0.05) is 19.3 Å². The molecular weight excluding hydrogens is 589 g/mol. The fourth-order valence-electron chi connectivity index (χ4n) is 5.89. The lowest BCUT2D eigenvalue weighted by Crippen LogP contribution is -2.66. The molecule has 1 fully saturated rings. The molecule has 0 aliphatic carbocycles. The van der Waals surface area contributed by atoms with Gasteiger partial charge in [-0.25, -0.2) is 9.37 Å². The summed E-state index contributed by atoms with van der Waals surface area (Å²) in [6.07, 6.45) is 1.22. The van der Waals surface area contributed by atoms with E-state index >= 15 is 4.39 Å². The summed E-state index contributed by atoms with van der Waals surface area (Å²) in [4.78, 5) is 24.3. The number of rotatable bonds is 8. The largest absolute Gasteiger partial charge is 0.401 e. The average Bonchev–Trinajstić information content (AvgIpc) is 3.50. The first-order chi connectivity index (χ1) is 20.0. The molecule has 6 nitrogen and oxygen atoms in total. The van der Waals surface area contributed by atoms with Gasteiger partial charge >= 0.3 is 0 Å². The molecule has 0 amide bonds. The number of morpholine rings is 1. The van der Waals surface area contributed by atoms with Crippen molar-refractivity contribution in [1.82, 2.24) is 9.97 Å². The fourth-order valence-corrected chi connectivity index (χ4v) is 11.3. The number of nitrogens with zero attached hydrogens (tertiary/aromatic N) is 3. The molecule has 0 unspecified atom stereocenters. The van der Waals surface area contributed by atoms with Crippen LogP contribution in [0.4, 0.5) is 10.1 Å². The lowest BCUT2D eigenvalue weighted by Gasteiger charge is -2.43. The Morgan fingerprint density at radius 2 is 1.64 bits per heavy atom. The summed E-state index contributed by atoms with van der Waals surface area (Å²) in [6.45, 7) is 11.5. The van der Waals surface area contributed by atoms with Crippen LogP contribution in [0.25, 0.3) is 0 Å². The summed E-state index contributed by atoms with van der Waals surface area (Å²) in [6, 6.07) is 20.5. The zero-order valence-corrected chi connectivity index (χ0v) is 27.0. The van der Waals surface area contributed by atoms with Crippen molar-refractivity contribution in [3.8, 4) is 0 Å². The number of benzene rings is 2. The molecule has 0 radical (unpaired) electrons. The number of pyridine rings is 1. The van der Waals surface area contributed by atoms with Gasteiger partial charge in [0.2, 0.25) is 5.78 Å². The molecule has 0 N–H and O–H groups in total. The predicted octanol–water partition coefficient (Wildman–Crippen LogP) is 6.25. The lowest BCUT2D eigenvalue weighted by atomic mass is 10.1. The second-order valence-corrected chi connectivity index (χ2v) is 17.3. The van der Waals surface area contributed by atoms with Crippen molar-refractivity contribution in [3.63, 3.8) is 0 Å². The first-order valence-corrected chi connectivity index (χ1v) is 17.2. The van der Waals surface area contributed by atoms with Crippen LogP contribution in [-0.2, 0) is 15.8 Å². The molecule has 1 saturated heterocycles. The third-order valence-electron chi connectivity index (χ3n) is 7.58. The van der Waals surface area contributed by atoms with Crippen LogP contribution in [0.5, 0.6) is 0 Å². The van der Waals surface area contributed by atoms with Crippen LogP contribution in [0.15, 0.2) is 72.4 Å². The number of halogens is 2. The molecule has 0 saturated carbocycles. The number of aromatic nitrogens is 2. The number of hydrogen-bond donors (Lipinski definition) is 0. The quantitative estimate of drug-likeness (QED) is 0.171. The summed E-state index contributed by atoms with van der Waals surface area (Å²) in [5.74, 6) is -1.40. The summed E-state index contributed by atoms with van der Waals surface area (Å²) < 4.78 is 29.0. The standard InChI is InChI=1S/C32H35ClFN3O3SSi/c1-21-17-37(18-22(2)40-21)30-25(36-29(28(34)27(30)33)31(38)26-16-35-20-41-26)19-39-42(32(3,4)5,23-12-8-6-9-13-23)24-14-10-7-11-15-24/h6-16,20-22H,17-19H2,1-5H3/t21-,22+. The third kappa shape index (κ3) is 5.81. The Hall–Kier alpha value is -2.95. The Morgan fingerprint density at radius 3 is 2.14 bits per heavy atom. The third-order valence-corrected chi connectivity index (χ3v) is 13.7. The van der Waals surface area contributed by atoms with Crippen molar-refractivity contribution < 1.29 is 18.3 Å². The molecule has 4 aromatic rings. The molecule has 0 spiro atoms. The summed E-state index contributed by atoms with van der Waals surface area (Å²) in [5.41, 5.74) is 2.06. The fraction of sp³-hybridized carbons (Fsp3) is 0.344. The van der Waals surface area contributed by atoms with Crippen LogP contribution in [0, 0.1) is 5.82 Å². The van der Waals surface area contributed by atoms with Crippen LogP contribution in [-0.4, -0.2) is 49.4 Å². The number of thiazole rings is 1. The summed E-state index contributed by atoms with van der Waals surface area (Å²) in [7, 11) is -2.97. The number of anilines is 1. The van der Waals surface area contributed by atoms with Crippen LogP contribution in [0.2, 0.25) is 10.1 Å². The van der Waals surface area contributed by atoms with Gasteiger partial charge in [-0.3, -0.25) is 9.78 Å². The van der Waals surface area contributed by atoms with Crippen molar-refractivity contribution in [2.24, 2.45) is 0 Å². The highest BCUT2D eigenvalue weighted by atomic mass is 35.5. The van der Waals surface area contributed by atoms with Crippen molar-refractivity contribution in [1.29, 1.82) is 0 Å². The molecule has 3 heterocycles. The Labute approximate surface area is 256 Å². The maximum absolute atomic E-state index is 15.9. The first-order valence-electron chi connectivity index (χ1n) is 14.0. The molecule has 1 aliphatic heterocycles. The van der Waals surface area contributed by atoms with E-state index in [1.807, 2.05) is 55.1 Å². The van der Waals surface area contributed by atoms with Gasteiger partial charge in [0.15, 0.2) is 5.82 Å². The van der Waals surface area contributed by atoms with Crippen LogP contribution >= 0.6 is 22.9 Å². The van der Waals surface area contributed by atoms with Crippen molar-refractivity contribution in [2.45, 2.75) is 58.5 Å². The van der Waals surface area contributed by atoms with E-state index in [9.17, 15) is 4.79 Å².